The number of hydrogen-bond acceptors (Lipinski definition) is 7. The van der Waals surface area contributed by atoms with Crippen molar-refractivity contribution in [1.29, 1.82) is 0 Å². The monoisotopic (exact) mass is 691 g/mol. The molecule has 0 spiro atoms. The summed E-state index contributed by atoms with van der Waals surface area (Å²) in [5.74, 6) is 3.65. The molecular formula is C34H42BrN5O4Si. The third-order valence-corrected chi connectivity index (χ3v) is 8.66. The van der Waals surface area contributed by atoms with Gasteiger partial charge in [-0.1, -0.05) is 37.7 Å². The lowest BCUT2D eigenvalue weighted by Crippen LogP contribution is -2.41. The molecule has 11 heteroatoms. The molecule has 1 fully saturated rings. The van der Waals surface area contributed by atoms with E-state index < -0.39 is 19.6 Å². The van der Waals surface area contributed by atoms with E-state index in [1.165, 1.54) is 18.9 Å². The molecule has 0 radical (unpaired) electrons. The van der Waals surface area contributed by atoms with Gasteiger partial charge in [-0.25, -0.2) is 9.78 Å². The number of piperidine rings is 1. The van der Waals surface area contributed by atoms with Crippen LogP contribution in [0.2, 0.25) is 19.6 Å². The predicted molar refractivity (Wildman–Crippen MR) is 185 cm³/mol. The van der Waals surface area contributed by atoms with E-state index >= 15 is 0 Å². The number of aryl methyl sites for hydroxylation is 1. The summed E-state index contributed by atoms with van der Waals surface area (Å²) in [6.07, 6.45) is 2.96. The lowest BCUT2D eigenvalue weighted by atomic mass is 9.87. The van der Waals surface area contributed by atoms with Crippen molar-refractivity contribution in [2.24, 2.45) is 0 Å². The molecule has 2 N–H and O–H groups in total. The van der Waals surface area contributed by atoms with Crippen molar-refractivity contribution >= 4 is 53.3 Å². The number of nitrogens with one attached hydrogen (secondary N) is 2. The van der Waals surface area contributed by atoms with E-state index in [0.717, 1.165) is 34.1 Å². The molecule has 2 aromatic carbocycles. The lowest BCUT2D eigenvalue weighted by molar-refractivity contribution is 0.0204. The molecule has 3 aromatic rings. The van der Waals surface area contributed by atoms with Crippen molar-refractivity contribution in [3.8, 4) is 17.3 Å². The molecule has 1 aliphatic rings. The van der Waals surface area contributed by atoms with Gasteiger partial charge in [-0.05, 0) is 97.8 Å². The van der Waals surface area contributed by atoms with E-state index in [9.17, 15) is 9.59 Å². The Balaban J connectivity index is 1.44. The van der Waals surface area contributed by atoms with Crippen molar-refractivity contribution in [3.63, 3.8) is 0 Å². The van der Waals surface area contributed by atoms with Crippen molar-refractivity contribution in [1.82, 2.24) is 14.9 Å². The Morgan fingerprint density at radius 3 is 2.44 bits per heavy atom. The Labute approximate surface area is 275 Å². The number of carbonyl (C=O) groups is 2. The Morgan fingerprint density at radius 1 is 1.11 bits per heavy atom. The summed E-state index contributed by atoms with van der Waals surface area (Å²) in [7, 11) is -0.148. The zero-order valence-electron chi connectivity index (χ0n) is 27.3. The van der Waals surface area contributed by atoms with Crippen LogP contribution in [-0.2, 0) is 4.74 Å². The van der Waals surface area contributed by atoms with Crippen molar-refractivity contribution in [3.05, 3.63) is 69.3 Å². The summed E-state index contributed by atoms with van der Waals surface area (Å²) in [5.41, 5.74) is 7.58. The molecule has 2 amide bonds. The van der Waals surface area contributed by atoms with E-state index in [0.29, 0.717) is 30.6 Å². The molecule has 1 aromatic heterocycles. The topological polar surface area (TPSA) is 106 Å². The van der Waals surface area contributed by atoms with E-state index in [-0.39, 0.29) is 17.5 Å². The van der Waals surface area contributed by atoms with Crippen LogP contribution >= 0.6 is 15.9 Å². The minimum atomic E-state index is -1.62. The predicted octanol–water partition coefficient (Wildman–Crippen LogP) is 7.90. The standard InChI is InChI=1S/C34H42BrN5O4Si/c1-22-20-25(12-13-26(22)23-14-17-40(18-15-23)33(42)44-34(2,3)4)37-32-36-21-27(31(39-32)43-5)30(41)38-29-24(10-9-11-28(29)35)16-19-45(6,7)8/h9-13,20-21,23H,14-15,17-18H2,1-8H3,(H,38,41)(H,36,37,39). The number of benzene rings is 2. The summed E-state index contributed by atoms with van der Waals surface area (Å²) < 4.78 is 11.7. The molecule has 1 aliphatic heterocycles. The van der Waals surface area contributed by atoms with E-state index in [1.54, 1.807) is 4.90 Å². The van der Waals surface area contributed by atoms with Crippen LogP contribution in [0.25, 0.3) is 0 Å². The number of para-hydroxylation sites is 1. The van der Waals surface area contributed by atoms with Crippen LogP contribution in [0.5, 0.6) is 5.88 Å². The molecular weight excluding hydrogens is 650 g/mol. The number of hydrogen-bond donors (Lipinski definition) is 2. The van der Waals surface area contributed by atoms with Crippen LogP contribution < -0.4 is 15.4 Å². The quantitative estimate of drug-likeness (QED) is 0.200. The van der Waals surface area contributed by atoms with Gasteiger partial charge < -0.3 is 25.0 Å². The SMILES string of the molecule is COc1nc(Nc2ccc(C3CCN(C(=O)OC(C)(C)C)CC3)c(C)c2)ncc1C(=O)Nc1c(Br)cccc1C#C[Si](C)(C)C. The molecule has 0 aliphatic carbocycles. The van der Waals surface area contributed by atoms with E-state index in [2.05, 4.69) is 86.7 Å². The maximum Gasteiger partial charge on any atom is 0.410 e. The Morgan fingerprint density at radius 2 is 1.82 bits per heavy atom. The average molecular weight is 693 g/mol. The van der Waals surface area contributed by atoms with Gasteiger partial charge >= 0.3 is 6.09 Å². The maximum atomic E-state index is 13.3. The highest BCUT2D eigenvalue weighted by Crippen LogP contribution is 2.33. The van der Waals surface area contributed by atoms with Gasteiger partial charge in [-0.15, -0.1) is 5.54 Å². The summed E-state index contributed by atoms with van der Waals surface area (Å²) in [6.45, 7) is 15.6. The molecule has 4 rings (SSSR count). The van der Waals surface area contributed by atoms with Crippen LogP contribution in [0.1, 0.15) is 66.6 Å². The highest BCUT2D eigenvalue weighted by Gasteiger charge is 2.28. The second-order valence-corrected chi connectivity index (χ2v) is 18.8. The molecule has 0 atom stereocenters. The van der Waals surface area contributed by atoms with Gasteiger partial charge in [0.1, 0.15) is 19.2 Å². The second kappa shape index (κ2) is 14.0. The first kappa shape index (κ1) is 34.0. The Hall–Kier alpha value is -3.88. The lowest BCUT2D eigenvalue weighted by Gasteiger charge is -2.34. The van der Waals surface area contributed by atoms with Gasteiger partial charge in [0.25, 0.3) is 5.91 Å². The largest absolute Gasteiger partial charge is 0.480 e. The van der Waals surface area contributed by atoms with Crippen LogP contribution in [0.15, 0.2) is 47.1 Å². The van der Waals surface area contributed by atoms with Crippen LogP contribution in [-0.4, -0.2) is 60.7 Å². The highest BCUT2D eigenvalue weighted by molar-refractivity contribution is 9.10. The van der Waals surface area contributed by atoms with Crippen molar-refractivity contribution < 1.29 is 19.1 Å². The average Bonchev–Trinajstić information content (AvgIpc) is 2.96. The zero-order chi connectivity index (χ0) is 32.9. The molecule has 0 saturated carbocycles. The summed E-state index contributed by atoms with van der Waals surface area (Å²) in [6, 6.07) is 11.8. The number of carbonyl (C=O) groups excluding carboxylic acids is 2. The van der Waals surface area contributed by atoms with Crippen molar-refractivity contribution in [2.75, 3.05) is 30.8 Å². The molecule has 0 bridgehead atoms. The van der Waals surface area contributed by atoms with Gasteiger partial charge in [0.15, 0.2) is 0 Å². The van der Waals surface area contributed by atoms with Gasteiger partial charge in [0, 0.05) is 35.0 Å². The van der Waals surface area contributed by atoms with E-state index in [1.807, 2.05) is 45.0 Å². The fraction of sp³-hybridized carbons (Fsp3) is 0.412. The molecule has 0 unspecified atom stereocenters. The smallest absolute Gasteiger partial charge is 0.410 e. The van der Waals surface area contributed by atoms with Gasteiger partial charge in [-0.2, -0.15) is 4.98 Å². The van der Waals surface area contributed by atoms with Gasteiger partial charge in [0.2, 0.25) is 11.8 Å². The first-order valence-electron chi connectivity index (χ1n) is 15.0. The number of rotatable bonds is 6. The number of halogens is 1. The maximum absolute atomic E-state index is 13.3. The Kier molecular flexibility index (Phi) is 10.6. The third-order valence-electron chi connectivity index (χ3n) is 7.13. The number of aromatic nitrogens is 2. The van der Waals surface area contributed by atoms with Crippen LogP contribution in [0.3, 0.4) is 0 Å². The highest BCUT2D eigenvalue weighted by atomic mass is 79.9. The molecule has 45 heavy (non-hydrogen) atoms. The van der Waals surface area contributed by atoms with Crippen molar-refractivity contribution in [2.45, 2.75) is 71.7 Å². The molecule has 9 nitrogen and oxygen atoms in total. The number of likely N-dealkylation sites (tertiary alicyclic amines) is 1. The first-order chi connectivity index (χ1) is 21.1. The summed E-state index contributed by atoms with van der Waals surface area (Å²) >= 11 is 3.54. The van der Waals surface area contributed by atoms with Gasteiger partial charge in [0.05, 0.1) is 12.8 Å². The molecule has 2 heterocycles. The first-order valence-corrected chi connectivity index (χ1v) is 19.3. The Bertz CT molecular complexity index is 1630. The van der Waals surface area contributed by atoms with Gasteiger partial charge in [-0.3, -0.25) is 4.79 Å². The summed E-state index contributed by atoms with van der Waals surface area (Å²) in [4.78, 5) is 36.5. The number of methoxy groups -OCH3 is 1. The molecule has 238 valence electrons. The minimum Gasteiger partial charge on any atom is -0.480 e. The fourth-order valence-electron chi connectivity index (χ4n) is 4.97. The summed E-state index contributed by atoms with van der Waals surface area (Å²) in [5, 5.41) is 6.19. The minimum absolute atomic E-state index is 0.150. The number of nitrogens with zero attached hydrogens (tertiary/aromatic N) is 3. The number of ether oxygens (including phenoxy) is 2. The number of anilines is 3. The molecule has 1 saturated heterocycles. The van der Waals surface area contributed by atoms with Crippen LogP contribution in [0, 0.1) is 18.4 Å². The zero-order valence-corrected chi connectivity index (χ0v) is 29.9. The third kappa shape index (κ3) is 9.31. The van der Waals surface area contributed by atoms with E-state index in [4.69, 9.17) is 9.47 Å². The number of amides is 2. The second-order valence-electron chi connectivity index (χ2n) is 13.2. The normalized spacial score (nSPS) is 13.8. The van der Waals surface area contributed by atoms with Crippen LogP contribution in [0.4, 0.5) is 22.1 Å². The fourth-order valence-corrected chi connectivity index (χ4v) is 5.94.